The van der Waals surface area contributed by atoms with Gasteiger partial charge in [-0.2, -0.15) is 5.10 Å². The van der Waals surface area contributed by atoms with Crippen LogP contribution in [0.3, 0.4) is 0 Å². The Morgan fingerprint density at radius 2 is 2.20 bits per heavy atom. The summed E-state index contributed by atoms with van der Waals surface area (Å²) < 4.78 is 5.08. The predicted molar refractivity (Wildman–Crippen MR) is 108 cm³/mol. The largest absolute Gasteiger partial charge is 0.385 e. The Kier molecular flexibility index (Phi) is 8.61. The molecule has 0 aliphatic carbocycles. The number of benzene rings is 1. The third-order valence-corrected chi connectivity index (χ3v) is 4.78. The molecule has 1 saturated heterocycles. The highest BCUT2D eigenvalue weighted by atomic mass is 35.5. The van der Waals surface area contributed by atoms with Gasteiger partial charge in [-0.15, -0.1) is 0 Å². The number of hydrogen-bond donors (Lipinski definition) is 1. The Bertz CT molecular complexity index is 567. The molecule has 0 aromatic heterocycles. The average molecular weight is 383 g/mol. The molecular formula is C18H27ClN4OS. The van der Waals surface area contributed by atoms with E-state index in [1.807, 2.05) is 18.3 Å². The van der Waals surface area contributed by atoms with E-state index in [-0.39, 0.29) is 0 Å². The van der Waals surface area contributed by atoms with Gasteiger partial charge >= 0.3 is 0 Å². The first kappa shape index (κ1) is 20.1. The Morgan fingerprint density at radius 1 is 1.44 bits per heavy atom. The molecule has 0 spiro atoms. The van der Waals surface area contributed by atoms with Crippen molar-refractivity contribution in [2.75, 3.05) is 26.8 Å². The van der Waals surface area contributed by atoms with Gasteiger partial charge in [0.2, 0.25) is 0 Å². The van der Waals surface area contributed by atoms with Gasteiger partial charge < -0.3 is 10.5 Å². The summed E-state index contributed by atoms with van der Waals surface area (Å²) in [6.07, 6.45) is 6.35. The summed E-state index contributed by atoms with van der Waals surface area (Å²) in [6.45, 7) is 3.30. The topological polar surface area (TPSA) is 54.1 Å². The molecule has 1 aromatic rings. The second kappa shape index (κ2) is 10.7. The summed E-state index contributed by atoms with van der Waals surface area (Å²) in [5, 5.41) is 7.30. The van der Waals surface area contributed by atoms with Crippen LogP contribution in [-0.2, 0) is 11.3 Å². The van der Waals surface area contributed by atoms with Crippen LogP contribution in [0.4, 0.5) is 0 Å². The first-order chi connectivity index (χ1) is 12.1. The molecule has 0 bridgehead atoms. The Hall–Kier alpha value is -1.21. The molecular weight excluding hydrogens is 356 g/mol. The third kappa shape index (κ3) is 6.90. The zero-order chi connectivity index (χ0) is 18.1. The van der Waals surface area contributed by atoms with Crippen LogP contribution in [0.25, 0.3) is 0 Å². The monoisotopic (exact) mass is 382 g/mol. The number of piperidine rings is 1. The lowest BCUT2D eigenvalue weighted by Crippen LogP contribution is -2.41. The maximum absolute atomic E-state index is 5.98. The predicted octanol–water partition coefficient (Wildman–Crippen LogP) is 3.26. The van der Waals surface area contributed by atoms with Gasteiger partial charge in [-0.25, -0.2) is 5.01 Å². The van der Waals surface area contributed by atoms with Gasteiger partial charge in [0.25, 0.3) is 0 Å². The van der Waals surface area contributed by atoms with Gasteiger partial charge in [-0.05, 0) is 55.7 Å². The van der Waals surface area contributed by atoms with Crippen molar-refractivity contribution in [3.63, 3.8) is 0 Å². The number of likely N-dealkylation sites (tertiary alicyclic amines) is 1. The molecule has 1 atom stereocenters. The maximum Gasteiger partial charge on any atom is 0.186 e. The van der Waals surface area contributed by atoms with Gasteiger partial charge in [0.15, 0.2) is 5.11 Å². The average Bonchev–Trinajstić information content (AvgIpc) is 2.61. The number of nitrogens with two attached hydrogens (primary N) is 1. The molecule has 1 heterocycles. The van der Waals surface area contributed by atoms with Crippen LogP contribution in [0.15, 0.2) is 29.4 Å². The van der Waals surface area contributed by atoms with Crippen molar-refractivity contribution in [3.8, 4) is 0 Å². The van der Waals surface area contributed by atoms with Crippen LogP contribution in [0, 0.1) is 0 Å². The summed E-state index contributed by atoms with van der Waals surface area (Å²) in [7, 11) is 1.69. The third-order valence-electron chi connectivity index (χ3n) is 4.31. The minimum absolute atomic E-state index is 0.295. The fraction of sp³-hybridized carbons (Fsp3) is 0.556. The van der Waals surface area contributed by atoms with Crippen LogP contribution in [-0.4, -0.2) is 54.1 Å². The molecule has 5 nitrogen and oxygen atoms in total. The van der Waals surface area contributed by atoms with Crippen LogP contribution in [0.2, 0.25) is 5.02 Å². The van der Waals surface area contributed by atoms with Gasteiger partial charge in [0, 0.05) is 44.1 Å². The zero-order valence-corrected chi connectivity index (χ0v) is 16.3. The minimum Gasteiger partial charge on any atom is -0.385 e. The molecule has 0 saturated carbocycles. The van der Waals surface area contributed by atoms with Crippen LogP contribution >= 0.6 is 23.8 Å². The highest BCUT2D eigenvalue weighted by Crippen LogP contribution is 2.19. The molecule has 2 N–H and O–H groups in total. The minimum atomic E-state index is 0.295. The number of rotatable bonds is 8. The number of methoxy groups -OCH3 is 1. The zero-order valence-electron chi connectivity index (χ0n) is 14.7. The molecule has 1 unspecified atom stereocenters. The van der Waals surface area contributed by atoms with Gasteiger partial charge in [-0.3, -0.25) is 4.90 Å². The van der Waals surface area contributed by atoms with Crippen molar-refractivity contribution < 1.29 is 4.74 Å². The number of thiocarbonyl (C=S) groups is 1. The number of hydrazone groups is 1. The van der Waals surface area contributed by atoms with Crippen molar-refractivity contribution >= 4 is 35.1 Å². The summed E-state index contributed by atoms with van der Waals surface area (Å²) in [4.78, 5) is 2.45. The SMILES string of the molecule is COCCCN(N=CC1CCCCN1Cc1ccc(Cl)cc1)C(N)=S. The quantitative estimate of drug-likeness (QED) is 0.323. The number of ether oxygens (including phenoxy) is 1. The van der Waals surface area contributed by atoms with E-state index in [1.165, 1.54) is 18.4 Å². The normalized spacial score (nSPS) is 18.6. The Morgan fingerprint density at radius 3 is 2.88 bits per heavy atom. The van der Waals surface area contributed by atoms with Crippen LogP contribution in [0.1, 0.15) is 31.2 Å². The van der Waals surface area contributed by atoms with Crippen molar-refractivity contribution in [2.24, 2.45) is 10.8 Å². The van der Waals surface area contributed by atoms with E-state index in [2.05, 4.69) is 22.1 Å². The van der Waals surface area contributed by atoms with Crippen molar-refractivity contribution in [2.45, 2.75) is 38.3 Å². The van der Waals surface area contributed by atoms with Crippen LogP contribution in [0.5, 0.6) is 0 Å². The Labute approximate surface area is 160 Å². The van der Waals surface area contributed by atoms with E-state index < -0.39 is 0 Å². The lowest BCUT2D eigenvalue weighted by Gasteiger charge is -2.33. The van der Waals surface area contributed by atoms with Gasteiger partial charge in [0.1, 0.15) is 0 Å². The first-order valence-electron chi connectivity index (χ1n) is 8.68. The maximum atomic E-state index is 5.98. The van der Waals surface area contributed by atoms with E-state index in [4.69, 9.17) is 34.3 Å². The van der Waals surface area contributed by atoms with Gasteiger partial charge in [0.05, 0.1) is 0 Å². The molecule has 2 rings (SSSR count). The van der Waals surface area contributed by atoms with Gasteiger partial charge in [-0.1, -0.05) is 30.2 Å². The summed E-state index contributed by atoms with van der Waals surface area (Å²) >= 11 is 11.1. The summed E-state index contributed by atoms with van der Waals surface area (Å²) in [6, 6.07) is 8.33. The lowest BCUT2D eigenvalue weighted by molar-refractivity contribution is 0.182. The fourth-order valence-corrected chi connectivity index (χ4v) is 3.21. The molecule has 1 fully saturated rings. The van der Waals surface area contributed by atoms with E-state index in [1.54, 1.807) is 12.1 Å². The first-order valence-corrected chi connectivity index (χ1v) is 9.47. The van der Waals surface area contributed by atoms with Crippen molar-refractivity contribution in [1.29, 1.82) is 0 Å². The fourth-order valence-electron chi connectivity index (χ4n) is 2.95. The molecule has 1 aliphatic rings. The van der Waals surface area contributed by atoms with Crippen molar-refractivity contribution in [3.05, 3.63) is 34.9 Å². The number of hydrogen-bond acceptors (Lipinski definition) is 4. The second-order valence-corrected chi connectivity index (χ2v) is 7.09. The smallest absolute Gasteiger partial charge is 0.186 e. The van der Waals surface area contributed by atoms with Crippen LogP contribution < -0.4 is 5.73 Å². The summed E-state index contributed by atoms with van der Waals surface area (Å²) in [5.74, 6) is 0. The molecule has 1 aromatic carbocycles. The summed E-state index contributed by atoms with van der Waals surface area (Å²) in [5.41, 5.74) is 7.04. The number of halogens is 1. The highest BCUT2D eigenvalue weighted by molar-refractivity contribution is 7.80. The Balaban J connectivity index is 1.98. The molecule has 1 aliphatic heterocycles. The molecule has 7 heteroatoms. The molecule has 25 heavy (non-hydrogen) atoms. The molecule has 138 valence electrons. The number of nitrogens with zero attached hydrogens (tertiary/aromatic N) is 3. The molecule has 0 amide bonds. The van der Waals surface area contributed by atoms with Crippen molar-refractivity contribution in [1.82, 2.24) is 9.91 Å². The van der Waals surface area contributed by atoms with E-state index in [0.29, 0.717) is 24.3 Å². The molecule has 0 radical (unpaired) electrons. The lowest BCUT2D eigenvalue weighted by atomic mass is 10.0. The standard InChI is InChI=1S/C18H27ClN4OS/c1-24-12-4-11-23(18(20)25)21-13-17-5-2-3-10-22(17)14-15-6-8-16(19)9-7-15/h6-9,13,17H,2-5,10-12,14H2,1H3,(H2,20,25). The highest BCUT2D eigenvalue weighted by Gasteiger charge is 2.21. The van der Waals surface area contributed by atoms with E-state index in [9.17, 15) is 0 Å². The van der Waals surface area contributed by atoms with E-state index in [0.717, 1.165) is 31.0 Å². The second-order valence-electron chi connectivity index (χ2n) is 6.23. The van der Waals surface area contributed by atoms with E-state index >= 15 is 0 Å².